The van der Waals surface area contributed by atoms with Crippen LogP contribution in [0.5, 0.6) is 0 Å². The molecule has 0 bridgehead atoms. The smallest absolute Gasteiger partial charge is 0.0320 e. The second-order valence-electron chi connectivity index (χ2n) is 4.13. The van der Waals surface area contributed by atoms with Crippen LogP contribution in [-0.2, 0) is 6.54 Å². The van der Waals surface area contributed by atoms with Gasteiger partial charge in [-0.3, -0.25) is 4.90 Å². The van der Waals surface area contributed by atoms with Crippen molar-refractivity contribution in [3.8, 4) is 0 Å². The Bertz CT molecular complexity index is 352. The van der Waals surface area contributed by atoms with Crippen molar-refractivity contribution in [2.24, 2.45) is 0 Å². The summed E-state index contributed by atoms with van der Waals surface area (Å²) in [4.78, 5) is 2.51. The predicted molar refractivity (Wildman–Crippen MR) is 81.9 cm³/mol. The zero-order chi connectivity index (χ0) is 11.4. The summed E-state index contributed by atoms with van der Waals surface area (Å²) in [5.41, 5.74) is 1.37. The topological polar surface area (TPSA) is 15.3 Å². The van der Waals surface area contributed by atoms with Gasteiger partial charge in [-0.2, -0.15) is 0 Å². The van der Waals surface area contributed by atoms with Crippen LogP contribution in [0.3, 0.4) is 0 Å². The van der Waals surface area contributed by atoms with Gasteiger partial charge in [-0.25, -0.2) is 0 Å². The van der Waals surface area contributed by atoms with Gasteiger partial charge in [0.1, 0.15) is 0 Å². The van der Waals surface area contributed by atoms with Gasteiger partial charge in [-0.05, 0) is 69.1 Å². The van der Waals surface area contributed by atoms with E-state index in [9.17, 15) is 0 Å². The van der Waals surface area contributed by atoms with E-state index in [4.69, 9.17) is 0 Å². The molecule has 2 nitrogen and oxygen atoms in total. The highest BCUT2D eigenvalue weighted by atomic mass is 79.9. The minimum atomic E-state index is 0. The fourth-order valence-corrected chi connectivity index (χ4v) is 2.63. The summed E-state index contributed by atoms with van der Waals surface area (Å²) in [6.07, 6.45) is 1.25. The molecule has 1 heterocycles. The SMILES string of the molecule is Brc1ccc(CN2CCCNCC2)cc1Br.Cl. The molecule has 1 aliphatic heterocycles. The van der Waals surface area contributed by atoms with E-state index in [-0.39, 0.29) is 12.4 Å². The summed E-state index contributed by atoms with van der Waals surface area (Å²) in [6, 6.07) is 6.49. The van der Waals surface area contributed by atoms with Crippen LogP contribution in [0, 0.1) is 0 Å². The highest BCUT2D eigenvalue weighted by Gasteiger charge is 2.09. The number of nitrogens with zero attached hydrogens (tertiary/aromatic N) is 1. The predicted octanol–water partition coefficient (Wildman–Crippen LogP) is 3.43. The zero-order valence-electron chi connectivity index (χ0n) is 9.59. The van der Waals surface area contributed by atoms with Gasteiger partial charge in [-0.1, -0.05) is 6.07 Å². The number of nitrogens with one attached hydrogen (secondary N) is 1. The molecule has 2 rings (SSSR count). The molecule has 1 saturated heterocycles. The molecule has 17 heavy (non-hydrogen) atoms. The summed E-state index contributed by atoms with van der Waals surface area (Å²) in [5.74, 6) is 0. The van der Waals surface area contributed by atoms with E-state index >= 15 is 0 Å². The summed E-state index contributed by atoms with van der Waals surface area (Å²) < 4.78 is 2.26. The lowest BCUT2D eigenvalue weighted by Crippen LogP contribution is -2.27. The quantitative estimate of drug-likeness (QED) is 0.840. The van der Waals surface area contributed by atoms with Crippen LogP contribution in [0.15, 0.2) is 27.1 Å². The largest absolute Gasteiger partial charge is 0.315 e. The van der Waals surface area contributed by atoms with E-state index in [0.29, 0.717) is 0 Å². The molecule has 0 amide bonds. The molecule has 5 heteroatoms. The normalized spacial score (nSPS) is 17.3. The molecule has 0 radical (unpaired) electrons. The molecule has 1 aromatic carbocycles. The highest BCUT2D eigenvalue weighted by Crippen LogP contribution is 2.24. The molecule has 1 fully saturated rings. The minimum Gasteiger partial charge on any atom is -0.315 e. The molecule has 0 saturated carbocycles. The average Bonchev–Trinajstić information content (AvgIpc) is 2.52. The molecule has 96 valence electrons. The monoisotopic (exact) mass is 382 g/mol. The van der Waals surface area contributed by atoms with Crippen molar-refractivity contribution in [3.63, 3.8) is 0 Å². The fourth-order valence-electron chi connectivity index (χ4n) is 1.96. The van der Waals surface area contributed by atoms with Crippen molar-refractivity contribution in [2.45, 2.75) is 13.0 Å². The number of hydrogen-bond donors (Lipinski definition) is 1. The van der Waals surface area contributed by atoms with E-state index < -0.39 is 0 Å². The summed E-state index contributed by atoms with van der Waals surface area (Å²) >= 11 is 7.05. The fraction of sp³-hybridized carbons (Fsp3) is 0.500. The molecule has 0 unspecified atom stereocenters. The molecular formula is C12H17Br2ClN2. The van der Waals surface area contributed by atoms with Crippen molar-refractivity contribution < 1.29 is 0 Å². The van der Waals surface area contributed by atoms with Crippen LogP contribution < -0.4 is 5.32 Å². The van der Waals surface area contributed by atoms with Crippen molar-refractivity contribution in [1.29, 1.82) is 0 Å². The number of rotatable bonds is 2. The third-order valence-electron chi connectivity index (χ3n) is 2.82. The first-order valence-corrected chi connectivity index (χ1v) is 7.21. The van der Waals surface area contributed by atoms with Crippen LogP contribution in [0.2, 0.25) is 0 Å². The standard InChI is InChI=1S/C12H16Br2N2.ClH/c13-11-3-2-10(8-12(11)14)9-16-6-1-4-15-5-7-16;/h2-3,8,15H,1,4-7,9H2;1H. The number of hydrogen-bond acceptors (Lipinski definition) is 2. The Morgan fingerprint density at radius 2 is 1.94 bits per heavy atom. The van der Waals surface area contributed by atoms with Gasteiger partial charge < -0.3 is 5.32 Å². The summed E-state index contributed by atoms with van der Waals surface area (Å²) in [6.45, 7) is 5.65. The van der Waals surface area contributed by atoms with Crippen molar-refractivity contribution >= 4 is 44.3 Å². The Balaban J connectivity index is 0.00000144. The molecule has 1 aliphatic rings. The molecule has 0 aliphatic carbocycles. The van der Waals surface area contributed by atoms with Gasteiger partial charge in [0.2, 0.25) is 0 Å². The maximum atomic E-state index is 3.55. The zero-order valence-corrected chi connectivity index (χ0v) is 13.6. The van der Waals surface area contributed by atoms with Crippen LogP contribution in [-0.4, -0.2) is 31.1 Å². The average molecular weight is 385 g/mol. The van der Waals surface area contributed by atoms with E-state index in [2.05, 4.69) is 60.3 Å². The lowest BCUT2D eigenvalue weighted by molar-refractivity contribution is 0.284. The Morgan fingerprint density at radius 3 is 2.71 bits per heavy atom. The van der Waals surface area contributed by atoms with Crippen LogP contribution in [0.25, 0.3) is 0 Å². The van der Waals surface area contributed by atoms with Gasteiger partial charge in [0.15, 0.2) is 0 Å². The van der Waals surface area contributed by atoms with Crippen LogP contribution in [0.1, 0.15) is 12.0 Å². The minimum absolute atomic E-state index is 0. The molecule has 1 N–H and O–H groups in total. The van der Waals surface area contributed by atoms with Gasteiger partial charge >= 0.3 is 0 Å². The maximum Gasteiger partial charge on any atom is 0.0320 e. The van der Waals surface area contributed by atoms with Crippen molar-refractivity contribution in [3.05, 3.63) is 32.7 Å². The lowest BCUT2D eigenvalue weighted by atomic mass is 10.2. The second-order valence-corrected chi connectivity index (χ2v) is 5.84. The second kappa shape index (κ2) is 7.74. The van der Waals surface area contributed by atoms with Gasteiger partial charge in [0.05, 0.1) is 0 Å². The summed E-state index contributed by atoms with van der Waals surface area (Å²) in [5, 5.41) is 3.43. The molecule has 0 atom stereocenters. The highest BCUT2D eigenvalue weighted by molar-refractivity contribution is 9.13. The Kier molecular flexibility index (Phi) is 7.04. The van der Waals surface area contributed by atoms with Crippen LogP contribution >= 0.6 is 44.3 Å². The Hall–Kier alpha value is 0.390. The first-order chi connectivity index (χ1) is 7.75. The van der Waals surface area contributed by atoms with E-state index in [0.717, 1.165) is 35.1 Å². The lowest BCUT2D eigenvalue weighted by Gasteiger charge is -2.19. The first kappa shape index (κ1) is 15.4. The third kappa shape index (κ3) is 4.87. The molecular weight excluding hydrogens is 367 g/mol. The van der Waals surface area contributed by atoms with E-state index in [1.165, 1.54) is 18.5 Å². The van der Waals surface area contributed by atoms with Crippen molar-refractivity contribution in [2.75, 3.05) is 26.2 Å². The van der Waals surface area contributed by atoms with Crippen LogP contribution in [0.4, 0.5) is 0 Å². The maximum absolute atomic E-state index is 3.55. The molecule has 0 spiro atoms. The van der Waals surface area contributed by atoms with Gasteiger partial charge in [0, 0.05) is 28.6 Å². The van der Waals surface area contributed by atoms with Gasteiger partial charge in [0.25, 0.3) is 0 Å². The number of benzene rings is 1. The first-order valence-electron chi connectivity index (χ1n) is 5.63. The number of halogens is 3. The van der Waals surface area contributed by atoms with E-state index in [1.54, 1.807) is 0 Å². The van der Waals surface area contributed by atoms with Gasteiger partial charge in [-0.15, -0.1) is 12.4 Å². The van der Waals surface area contributed by atoms with E-state index in [1.807, 2.05) is 0 Å². The summed E-state index contributed by atoms with van der Waals surface area (Å²) in [7, 11) is 0. The third-order valence-corrected chi connectivity index (χ3v) is 4.70. The Morgan fingerprint density at radius 1 is 1.12 bits per heavy atom. The molecule has 0 aromatic heterocycles. The Labute approximate surface area is 126 Å². The molecule has 1 aromatic rings. The van der Waals surface area contributed by atoms with Crippen molar-refractivity contribution in [1.82, 2.24) is 10.2 Å².